The number of carbonyl (C=O) groups is 1. The Morgan fingerprint density at radius 2 is 2.00 bits per heavy atom. The topological polar surface area (TPSA) is 44.8 Å². The predicted octanol–water partition coefficient (Wildman–Crippen LogP) is 2.46. The zero-order valence-corrected chi connectivity index (χ0v) is 10.6. The van der Waals surface area contributed by atoms with Gasteiger partial charge in [-0.2, -0.15) is 0 Å². The summed E-state index contributed by atoms with van der Waals surface area (Å²) in [5.74, 6) is -0.197. The van der Waals surface area contributed by atoms with Crippen molar-refractivity contribution in [3.63, 3.8) is 0 Å². The molecule has 94 valence electrons. The highest BCUT2D eigenvalue weighted by atomic mass is 16.8. The van der Waals surface area contributed by atoms with Crippen molar-refractivity contribution >= 4 is 5.97 Å². The van der Waals surface area contributed by atoms with Crippen molar-refractivity contribution < 1.29 is 19.0 Å². The maximum absolute atomic E-state index is 11.8. The zero-order valence-electron chi connectivity index (χ0n) is 10.6. The van der Waals surface area contributed by atoms with Crippen LogP contribution in [0.4, 0.5) is 0 Å². The van der Waals surface area contributed by atoms with Gasteiger partial charge >= 0.3 is 5.97 Å². The second kappa shape index (κ2) is 5.64. The summed E-state index contributed by atoms with van der Waals surface area (Å²) in [6.45, 7) is 5.73. The summed E-state index contributed by atoms with van der Waals surface area (Å²) in [5, 5.41) is 0. The Morgan fingerprint density at radius 1 is 1.38 bits per heavy atom. The van der Waals surface area contributed by atoms with Gasteiger partial charge in [0.15, 0.2) is 6.29 Å². The van der Waals surface area contributed by atoms with E-state index in [0.29, 0.717) is 0 Å². The molecule has 2 unspecified atom stereocenters. The standard InChI is InChI=1S/C12H22O4/c1-5-12(2,3)11(13)16-10-8-6-7-9(14-4)15-10/h9-10H,5-8H2,1-4H3. The SMILES string of the molecule is CCC(C)(C)C(=O)OC1CCCC(OC)O1. The highest BCUT2D eigenvalue weighted by Crippen LogP contribution is 2.26. The summed E-state index contributed by atoms with van der Waals surface area (Å²) in [5.41, 5.74) is -0.441. The van der Waals surface area contributed by atoms with Gasteiger partial charge in [0.2, 0.25) is 6.29 Å². The number of rotatable bonds is 4. The van der Waals surface area contributed by atoms with Gasteiger partial charge in [0.1, 0.15) is 0 Å². The van der Waals surface area contributed by atoms with Gasteiger partial charge in [-0.15, -0.1) is 0 Å². The molecule has 1 aliphatic heterocycles. The molecule has 4 heteroatoms. The second-order valence-corrected chi connectivity index (χ2v) is 4.80. The van der Waals surface area contributed by atoms with E-state index in [2.05, 4.69) is 0 Å². The van der Waals surface area contributed by atoms with Crippen LogP contribution in [0.3, 0.4) is 0 Å². The van der Waals surface area contributed by atoms with Crippen LogP contribution >= 0.6 is 0 Å². The van der Waals surface area contributed by atoms with Crippen LogP contribution in [0.2, 0.25) is 0 Å². The molecule has 2 atom stereocenters. The Balaban J connectivity index is 2.45. The highest BCUT2D eigenvalue weighted by molar-refractivity contribution is 5.75. The highest BCUT2D eigenvalue weighted by Gasteiger charge is 2.32. The molecule has 4 nitrogen and oxygen atoms in total. The molecule has 1 rings (SSSR count). The molecule has 0 radical (unpaired) electrons. The van der Waals surface area contributed by atoms with Crippen LogP contribution < -0.4 is 0 Å². The molecule has 0 aromatic rings. The Labute approximate surface area is 97.2 Å². The van der Waals surface area contributed by atoms with Gasteiger partial charge < -0.3 is 14.2 Å². The predicted molar refractivity (Wildman–Crippen MR) is 59.7 cm³/mol. The van der Waals surface area contributed by atoms with E-state index in [1.807, 2.05) is 20.8 Å². The van der Waals surface area contributed by atoms with Crippen LogP contribution in [0.25, 0.3) is 0 Å². The summed E-state index contributed by atoms with van der Waals surface area (Å²) in [6.07, 6.45) is 2.65. The lowest BCUT2D eigenvalue weighted by Crippen LogP contribution is -2.36. The third-order valence-corrected chi connectivity index (χ3v) is 3.12. The molecule has 0 aliphatic carbocycles. The molecule has 0 bridgehead atoms. The molecule has 0 N–H and O–H groups in total. The summed E-state index contributed by atoms with van der Waals surface area (Å²) in [7, 11) is 1.60. The van der Waals surface area contributed by atoms with Crippen LogP contribution in [-0.4, -0.2) is 25.7 Å². The van der Waals surface area contributed by atoms with Crippen LogP contribution in [0.15, 0.2) is 0 Å². The minimum absolute atomic E-state index is 0.197. The van der Waals surface area contributed by atoms with Gasteiger partial charge in [-0.3, -0.25) is 4.79 Å². The van der Waals surface area contributed by atoms with Crippen molar-refractivity contribution in [1.82, 2.24) is 0 Å². The lowest BCUT2D eigenvalue weighted by atomic mass is 9.91. The molecule has 0 aromatic carbocycles. The first-order valence-corrected chi connectivity index (χ1v) is 5.89. The molecule has 1 fully saturated rings. The van der Waals surface area contributed by atoms with E-state index in [4.69, 9.17) is 14.2 Å². The maximum atomic E-state index is 11.8. The second-order valence-electron chi connectivity index (χ2n) is 4.80. The van der Waals surface area contributed by atoms with Gasteiger partial charge in [-0.1, -0.05) is 6.92 Å². The lowest BCUT2D eigenvalue weighted by Gasteiger charge is -2.31. The number of hydrogen-bond donors (Lipinski definition) is 0. The first-order valence-electron chi connectivity index (χ1n) is 5.89. The minimum atomic E-state index is -0.447. The molecule has 0 saturated carbocycles. The van der Waals surface area contributed by atoms with E-state index in [1.54, 1.807) is 7.11 Å². The van der Waals surface area contributed by atoms with Crippen LogP contribution in [0, 0.1) is 5.41 Å². The molecular formula is C12H22O4. The molecule has 1 aliphatic rings. The Morgan fingerprint density at radius 3 is 2.56 bits per heavy atom. The van der Waals surface area contributed by atoms with Gasteiger partial charge in [-0.25, -0.2) is 0 Å². The fourth-order valence-corrected chi connectivity index (χ4v) is 1.44. The van der Waals surface area contributed by atoms with Crippen molar-refractivity contribution in [2.45, 2.75) is 59.0 Å². The van der Waals surface area contributed by atoms with E-state index in [9.17, 15) is 4.79 Å². The van der Waals surface area contributed by atoms with Crippen molar-refractivity contribution in [2.75, 3.05) is 7.11 Å². The smallest absolute Gasteiger partial charge is 0.313 e. The minimum Gasteiger partial charge on any atom is -0.435 e. The molecule has 1 heterocycles. The van der Waals surface area contributed by atoms with Crippen LogP contribution in [0.5, 0.6) is 0 Å². The van der Waals surface area contributed by atoms with E-state index in [-0.39, 0.29) is 12.3 Å². The Kier molecular flexibility index (Phi) is 4.74. The van der Waals surface area contributed by atoms with E-state index < -0.39 is 11.7 Å². The third-order valence-electron chi connectivity index (χ3n) is 3.12. The average Bonchev–Trinajstić information content (AvgIpc) is 2.29. The number of methoxy groups -OCH3 is 1. The first-order chi connectivity index (χ1) is 7.49. The summed E-state index contributed by atoms with van der Waals surface area (Å²) in [4.78, 5) is 11.8. The zero-order chi connectivity index (χ0) is 12.2. The Bertz CT molecular complexity index is 237. The third kappa shape index (κ3) is 3.46. The first kappa shape index (κ1) is 13.5. The monoisotopic (exact) mass is 230 g/mol. The molecule has 0 spiro atoms. The van der Waals surface area contributed by atoms with E-state index >= 15 is 0 Å². The van der Waals surface area contributed by atoms with Crippen molar-refractivity contribution in [1.29, 1.82) is 0 Å². The number of ether oxygens (including phenoxy) is 3. The van der Waals surface area contributed by atoms with E-state index in [1.165, 1.54) is 0 Å². The molecule has 0 amide bonds. The van der Waals surface area contributed by atoms with Crippen molar-refractivity contribution in [3.05, 3.63) is 0 Å². The summed E-state index contributed by atoms with van der Waals surface area (Å²) in [6, 6.07) is 0. The van der Waals surface area contributed by atoms with Crippen LogP contribution in [-0.2, 0) is 19.0 Å². The summed E-state index contributed by atoms with van der Waals surface area (Å²) >= 11 is 0. The van der Waals surface area contributed by atoms with Crippen LogP contribution in [0.1, 0.15) is 46.5 Å². The Hall–Kier alpha value is -0.610. The van der Waals surface area contributed by atoms with E-state index in [0.717, 1.165) is 25.7 Å². The van der Waals surface area contributed by atoms with Gasteiger partial charge in [0, 0.05) is 13.5 Å². The largest absolute Gasteiger partial charge is 0.435 e. The fraction of sp³-hybridized carbons (Fsp3) is 0.917. The lowest BCUT2D eigenvalue weighted by molar-refractivity contribution is -0.257. The van der Waals surface area contributed by atoms with Gasteiger partial charge in [-0.05, 0) is 33.1 Å². The van der Waals surface area contributed by atoms with Gasteiger partial charge in [0.25, 0.3) is 0 Å². The fourth-order valence-electron chi connectivity index (χ4n) is 1.44. The van der Waals surface area contributed by atoms with Crippen molar-refractivity contribution in [3.8, 4) is 0 Å². The van der Waals surface area contributed by atoms with Gasteiger partial charge in [0.05, 0.1) is 5.41 Å². The number of esters is 1. The molecular weight excluding hydrogens is 208 g/mol. The summed E-state index contributed by atoms with van der Waals surface area (Å²) < 4.78 is 15.9. The molecule has 1 saturated heterocycles. The molecule has 16 heavy (non-hydrogen) atoms. The maximum Gasteiger partial charge on any atom is 0.313 e. The number of carbonyl (C=O) groups excluding carboxylic acids is 1. The normalized spacial score (nSPS) is 26.5. The quantitative estimate of drug-likeness (QED) is 0.696. The molecule has 0 aromatic heterocycles. The average molecular weight is 230 g/mol. The van der Waals surface area contributed by atoms with Crippen molar-refractivity contribution in [2.24, 2.45) is 5.41 Å². The number of hydrogen-bond acceptors (Lipinski definition) is 4.